The fourth-order valence-electron chi connectivity index (χ4n) is 1.58. The highest BCUT2D eigenvalue weighted by atomic mass is 35.5. The van der Waals surface area contributed by atoms with Crippen LogP contribution in [0.25, 0.3) is 0 Å². The Morgan fingerprint density at radius 3 is 2.21 bits per heavy atom. The fourth-order valence-corrected chi connectivity index (χ4v) is 1.92. The molecule has 0 amide bonds. The first-order chi connectivity index (χ1) is 8.91. The zero-order valence-corrected chi connectivity index (χ0v) is 11.0. The van der Waals surface area contributed by atoms with E-state index in [0.29, 0.717) is 10.6 Å². The Morgan fingerprint density at radius 2 is 1.63 bits per heavy atom. The summed E-state index contributed by atoms with van der Waals surface area (Å²) < 4.78 is 0. The number of nitrogens with two attached hydrogens (primary N) is 1. The molecule has 0 unspecified atom stereocenters. The van der Waals surface area contributed by atoms with Gasteiger partial charge in [-0.05, 0) is 30.3 Å². The van der Waals surface area contributed by atoms with Crippen molar-refractivity contribution in [1.82, 2.24) is 0 Å². The molecule has 0 fully saturated rings. The second-order valence-electron chi connectivity index (χ2n) is 3.85. The third-order valence-electron chi connectivity index (χ3n) is 2.61. The summed E-state index contributed by atoms with van der Waals surface area (Å²) in [5.41, 5.74) is 5.38. The average Bonchev–Trinajstić information content (AvgIpc) is 2.40. The number of halogens is 2. The molecular weight excluding hydrogens is 289 g/mol. The highest BCUT2D eigenvalue weighted by molar-refractivity contribution is 6.33. The average molecular weight is 298 g/mol. The van der Waals surface area contributed by atoms with Gasteiger partial charge < -0.3 is 15.9 Å². The first kappa shape index (κ1) is 13.5. The van der Waals surface area contributed by atoms with E-state index in [2.05, 4.69) is 0 Å². The van der Waals surface area contributed by atoms with Gasteiger partial charge in [-0.2, -0.15) is 0 Å². The predicted octanol–water partition coefficient (Wildman–Crippen LogP) is 3.22. The van der Waals surface area contributed by atoms with Gasteiger partial charge in [0.05, 0.1) is 10.6 Å². The van der Waals surface area contributed by atoms with Crippen molar-refractivity contribution in [3.05, 3.63) is 51.5 Å². The largest absolute Gasteiger partial charge is 0.505 e. The lowest BCUT2D eigenvalue weighted by Crippen LogP contribution is -2.03. The van der Waals surface area contributed by atoms with Crippen LogP contribution in [0, 0.1) is 0 Å². The highest BCUT2D eigenvalue weighted by Gasteiger charge is 2.20. The second-order valence-corrected chi connectivity index (χ2v) is 4.70. The quantitative estimate of drug-likeness (QED) is 0.451. The summed E-state index contributed by atoms with van der Waals surface area (Å²) in [6.45, 7) is 0. The van der Waals surface area contributed by atoms with Gasteiger partial charge in [-0.3, -0.25) is 4.79 Å². The number of hydrogen-bond acceptors (Lipinski definition) is 4. The number of rotatable bonds is 2. The van der Waals surface area contributed by atoms with Gasteiger partial charge in [0, 0.05) is 10.6 Å². The Labute approximate surface area is 119 Å². The number of phenolic OH excluding ortho intramolecular Hbond substituents is 2. The maximum absolute atomic E-state index is 12.2. The van der Waals surface area contributed by atoms with Crippen LogP contribution in [0.15, 0.2) is 30.3 Å². The second kappa shape index (κ2) is 4.99. The maximum atomic E-state index is 12.2. The molecule has 19 heavy (non-hydrogen) atoms. The van der Waals surface area contributed by atoms with E-state index in [9.17, 15) is 15.0 Å². The van der Waals surface area contributed by atoms with Gasteiger partial charge in [-0.25, -0.2) is 0 Å². The molecule has 0 radical (unpaired) electrons. The molecule has 0 spiro atoms. The number of ketones is 1. The molecule has 0 heterocycles. The topological polar surface area (TPSA) is 83.5 Å². The minimum Gasteiger partial charge on any atom is -0.505 e. The number of anilines is 1. The molecule has 2 aromatic carbocycles. The lowest BCUT2D eigenvalue weighted by Gasteiger charge is -2.09. The summed E-state index contributed by atoms with van der Waals surface area (Å²) in [6, 6.07) is 7.30. The van der Waals surface area contributed by atoms with E-state index in [0.717, 1.165) is 0 Å². The molecule has 98 valence electrons. The van der Waals surface area contributed by atoms with Gasteiger partial charge in [0.25, 0.3) is 0 Å². The number of carbonyl (C=O) groups excluding carboxylic acids is 1. The molecule has 6 heteroatoms. The third-order valence-corrected chi connectivity index (χ3v) is 3.15. The van der Waals surface area contributed by atoms with Gasteiger partial charge in [-0.15, -0.1) is 0 Å². The molecule has 0 aliphatic rings. The van der Waals surface area contributed by atoms with Crippen molar-refractivity contribution in [3.8, 4) is 11.5 Å². The summed E-state index contributed by atoms with van der Waals surface area (Å²) in [4.78, 5) is 12.2. The van der Waals surface area contributed by atoms with Gasteiger partial charge in [0.2, 0.25) is 0 Å². The van der Waals surface area contributed by atoms with Crippen LogP contribution < -0.4 is 5.73 Å². The standard InChI is InChI=1S/C13H9Cl2NO3/c14-7-3-1-6(2-4-7)11(17)8-5-9(15)13(19)10(16)12(8)18/h1-5,18-19H,16H2. The number of nitrogen functional groups attached to an aromatic ring is 1. The minimum absolute atomic E-state index is 0.0809. The van der Waals surface area contributed by atoms with Crippen molar-refractivity contribution in [2.75, 3.05) is 5.73 Å². The van der Waals surface area contributed by atoms with Crippen LogP contribution in [0.1, 0.15) is 15.9 Å². The van der Waals surface area contributed by atoms with Crippen LogP contribution in [0.2, 0.25) is 10.0 Å². The van der Waals surface area contributed by atoms with Crippen LogP contribution in [-0.4, -0.2) is 16.0 Å². The fraction of sp³-hybridized carbons (Fsp3) is 0. The number of aromatic hydroxyl groups is 2. The van der Waals surface area contributed by atoms with E-state index >= 15 is 0 Å². The van der Waals surface area contributed by atoms with Crippen molar-refractivity contribution in [2.45, 2.75) is 0 Å². The number of carbonyl (C=O) groups is 1. The number of phenols is 2. The highest BCUT2D eigenvalue weighted by Crippen LogP contribution is 2.40. The molecular formula is C13H9Cl2NO3. The van der Waals surface area contributed by atoms with E-state index in [1.165, 1.54) is 18.2 Å². The van der Waals surface area contributed by atoms with Crippen LogP contribution in [0.3, 0.4) is 0 Å². The maximum Gasteiger partial charge on any atom is 0.196 e. The molecule has 0 saturated heterocycles. The Kier molecular flexibility index (Phi) is 3.55. The van der Waals surface area contributed by atoms with E-state index in [4.69, 9.17) is 28.9 Å². The summed E-state index contributed by atoms with van der Waals surface area (Å²) in [5.74, 6) is -1.42. The smallest absolute Gasteiger partial charge is 0.196 e. The molecule has 4 nitrogen and oxygen atoms in total. The summed E-state index contributed by atoms with van der Waals surface area (Å²) >= 11 is 11.5. The molecule has 0 aliphatic heterocycles. The van der Waals surface area contributed by atoms with Crippen LogP contribution >= 0.6 is 23.2 Å². The number of hydrogen-bond donors (Lipinski definition) is 3. The SMILES string of the molecule is Nc1c(O)c(Cl)cc(C(=O)c2ccc(Cl)cc2)c1O. The monoisotopic (exact) mass is 297 g/mol. The van der Waals surface area contributed by atoms with E-state index in [-0.39, 0.29) is 16.3 Å². The molecule has 0 atom stereocenters. The van der Waals surface area contributed by atoms with Crippen molar-refractivity contribution < 1.29 is 15.0 Å². The zero-order valence-electron chi connectivity index (χ0n) is 9.52. The van der Waals surface area contributed by atoms with Crippen LogP contribution in [0.5, 0.6) is 11.5 Å². The Balaban J connectivity index is 2.53. The Bertz CT molecular complexity index is 654. The normalized spacial score (nSPS) is 10.4. The lowest BCUT2D eigenvalue weighted by molar-refractivity contribution is 0.103. The molecule has 0 bridgehead atoms. The molecule has 2 rings (SSSR count). The van der Waals surface area contributed by atoms with Gasteiger partial charge in [0.1, 0.15) is 5.69 Å². The third kappa shape index (κ3) is 2.45. The van der Waals surface area contributed by atoms with Crippen molar-refractivity contribution in [3.63, 3.8) is 0 Å². The molecule has 0 saturated carbocycles. The molecule has 2 aromatic rings. The first-order valence-corrected chi connectivity index (χ1v) is 5.97. The lowest BCUT2D eigenvalue weighted by atomic mass is 10.0. The van der Waals surface area contributed by atoms with Crippen molar-refractivity contribution in [2.24, 2.45) is 0 Å². The zero-order chi connectivity index (χ0) is 14.2. The van der Waals surface area contributed by atoms with Crippen LogP contribution in [-0.2, 0) is 0 Å². The Hall–Kier alpha value is -1.91. The minimum atomic E-state index is -0.498. The van der Waals surface area contributed by atoms with Crippen molar-refractivity contribution >= 4 is 34.7 Å². The van der Waals surface area contributed by atoms with Gasteiger partial charge in [-0.1, -0.05) is 23.2 Å². The van der Waals surface area contributed by atoms with E-state index in [1.807, 2.05) is 0 Å². The van der Waals surface area contributed by atoms with Gasteiger partial charge in [0.15, 0.2) is 17.3 Å². The van der Waals surface area contributed by atoms with Gasteiger partial charge >= 0.3 is 0 Å². The summed E-state index contributed by atoms with van der Waals surface area (Å²) in [6.07, 6.45) is 0. The van der Waals surface area contributed by atoms with E-state index in [1.54, 1.807) is 12.1 Å². The Morgan fingerprint density at radius 1 is 1.05 bits per heavy atom. The first-order valence-electron chi connectivity index (χ1n) is 5.22. The van der Waals surface area contributed by atoms with E-state index < -0.39 is 17.3 Å². The van der Waals surface area contributed by atoms with Crippen molar-refractivity contribution in [1.29, 1.82) is 0 Å². The summed E-state index contributed by atoms with van der Waals surface area (Å²) in [7, 11) is 0. The molecule has 0 aliphatic carbocycles. The molecule has 4 N–H and O–H groups in total. The predicted molar refractivity (Wildman–Crippen MR) is 74.1 cm³/mol. The van der Waals surface area contributed by atoms with Crippen LogP contribution in [0.4, 0.5) is 5.69 Å². The molecule has 0 aromatic heterocycles. The summed E-state index contributed by atoms with van der Waals surface area (Å²) in [5, 5.41) is 19.6. The number of benzene rings is 2.